The number of carbonyl (C=O) groups excluding carboxylic acids is 1. The van der Waals surface area contributed by atoms with Crippen molar-refractivity contribution in [2.75, 3.05) is 5.32 Å². The average Bonchev–Trinajstić information content (AvgIpc) is 3.16. The average molecular weight is 368 g/mol. The number of nitrogens with one attached hydrogen (secondary N) is 1. The Kier molecular flexibility index (Phi) is 6.93. The van der Waals surface area contributed by atoms with Gasteiger partial charge in [0.2, 0.25) is 11.0 Å². The summed E-state index contributed by atoms with van der Waals surface area (Å²) in [4.78, 5) is 24.5. The monoisotopic (exact) mass is 367 g/mol. The van der Waals surface area contributed by atoms with Gasteiger partial charge in [0.1, 0.15) is 5.01 Å². The van der Waals surface area contributed by atoms with E-state index in [0.29, 0.717) is 23.9 Å². The summed E-state index contributed by atoms with van der Waals surface area (Å²) in [5, 5.41) is 22.1. The Balaban J connectivity index is 2.09. The standard InChI is InChI=1S/C18H29N3O3S/c1-4-7-13(15(22)23)11-18(8-5-6-9-18)16(24)19-17-21-20-14(25-17)10-12(2)3/h12-13H,4-11H2,1-3H3,(H,22,23)(H,19,21,24). The molecule has 1 unspecified atom stereocenters. The second kappa shape index (κ2) is 8.74. The molecule has 0 aromatic carbocycles. The summed E-state index contributed by atoms with van der Waals surface area (Å²) in [6.45, 7) is 6.22. The summed E-state index contributed by atoms with van der Waals surface area (Å²) >= 11 is 1.41. The number of carboxylic acid groups (broad SMARTS) is 1. The van der Waals surface area contributed by atoms with Crippen LogP contribution in [0.4, 0.5) is 5.13 Å². The van der Waals surface area contributed by atoms with E-state index >= 15 is 0 Å². The van der Waals surface area contributed by atoms with Gasteiger partial charge in [-0.25, -0.2) is 0 Å². The van der Waals surface area contributed by atoms with E-state index in [4.69, 9.17) is 0 Å². The molecule has 6 nitrogen and oxygen atoms in total. The van der Waals surface area contributed by atoms with Crippen LogP contribution in [0, 0.1) is 17.3 Å². The van der Waals surface area contributed by atoms with Crippen molar-refractivity contribution in [1.82, 2.24) is 10.2 Å². The molecule has 25 heavy (non-hydrogen) atoms. The molecule has 1 heterocycles. The first kappa shape index (κ1) is 19.8. The Bertz CT molecular complexity index is 594. The molecule has 1 atom stereocenters. The molecule has 1 saturated carbocycles. The first-order chi connectivity index (χ1) is 11.9. The Morgan fingerprint density at radius 2 is 1.96 bits per heavy atom. The summed E-state index contributed by atoms with van der Waals surface area (Å²) in [5.41, 5.74) is -0.581. The highest BCUT2D eigenvalue weighted by molar-refractivity contribution is 7.15. The largest absolute Gasteiger partial charge is 0.481 e. The predicted octanol–water partition coefficient (Wildman–Crippen LogP) is 4.13. The minimum absolute atomic E-state index is 0.0837. The van der Waals surface area contributed by atoms with Crippen LogP contribution < -0.4 is 5.32 Å². The van der Waals surface area contributed by atoms with E-state index in [-0.39, 0.29) is 5.91 Å². The molecule has 0 bridgehead atoms. The fourth-order valence-corrected chi connectivity index (χ4v) is 4.62. The molecule has 1 aliphatic rings. The third-order valence-corrected chi connectivity index (χ3v) is 5.80. The van der Waals surface area contributed by atoms with Crippen LogP contribution in [0.25, 0.3) is 0 Å². The zero-order valence-electron chi connectivity index (χ0n) is 15.4. The minimum atomic E-state index is -0.795. The second-order valence-corrected chi connectivity index (χ2v) is 8.63. The lowest BCUT2D eigenvalue weighted by molar-refractivity contribution is -0.144. The molecule has 7 heteroatoms. The van der Waals surface area contributed by atoms with Gasteiger partial charge in [-0.15, -0.1) is 10.2 Å². The van der Waals surface area contributed by atoms with Crippen molar-refractivity contribution < 1.29 is 14.7 Å². The lowest BCUT2D eigenvalue weighted by Crippen LogP contribution is -2.37. The van der Waals surface area contributed by atoms with Crippen LogP contribution in [0.15, 0.2) is 0 Å². The van der Waals surface area contributed by atoms with Gasteiger partial charge in [-0.3, -0.25) is 9.59 Å². The molecule has 0 radical (unpaired) electrons. The third-order valence-electron chi connectivity index (χ3n) is 4.94. The number of rotatable bonds is 9. The van der Waals surface area contributed by atoms with Crippen LogP contribution >= 0.6 is 11.3 Å². The van der Waals surface area contributed by atoms with E-state index in [1.165, 1.54) is 11.3 Å². The quantitative estimate of drug-likeness (QED) is 0.685. The molecule has 0 aliphatic heterocycles. The van der Waals surface area contributed by atoms with Gasteiger partial charge in [-0.2, -0.15) is 0 Å². The molecule has 0 spiro atoms. The van der Waals surface area contributed by atoms with Crippen LogP contribution in [-0.2, 0) is 16.0 Å². The van der Waals surface area contributed by atoms with Crippen molar-refractivity contribution in [3.05, 3.63) is 5.01 Å². The predicted molar refractivity (Wildman–Crippen MR) is 98.6 cm³/mol. The molecule has 0 saturated heterocycles. The molecule has 1 aliphatic carbocycles. The molecule has 140 valence electrons. The maximum Gasteiger partial charge on any atom is 0.306 e. The fourth-order valence-electron chi connectivity index (χ4n) is 3.67. The summed E-state index contributed by atoms with van der Waals surface area (Å²) in [6.07, 6.45) is 6.14. The zero-order chi connectivity index (χ0) is 18.4. The molecular weight excluding hydrogens is 338 g/mol. The molecule has 2 rings (SSSR count). The number of amides is 1. The molecule has 1 aromatic rings. The zero-order valence-corrected chi connectivity index (χ0v) is 16.2. The van der Waals surface area contributed by atoms with Crippen LogP contribution in [-0.4, -0.2) is 27.2 Å². The van der Waals surface area contributed by atoms with Gasteiger partial charge in [0.25, 0.3) is 0 Å². The van der Waals surface area contributed by atoms with Gasteiger partial charge in [0.15, 0.2) is 0 Å². The van der Waals surface area contributed by atoms with E-state index in [1.54, 1.807) is 0 Å². The van der Waals surface area contributed by atoms with Crippen molar-refractivity contribution in [2.24, 2.45) is 17.3 Å². The highest BCUT2D eigenvalue weighted by Crippen LogP contribution is 2.45. The normalized spacial score (nSPS) is 17.6. The Hall–Kier alpha value is -1.50. The number of nitrogens with zero attached hydrogens (tertiary/aromatic N) is 2. The SMILES string of the molecule is CCCC(CC1(C(=O)Nc2nnc(CC(C)C)s2)CCCC1)C(=O)O. The molecule has 1 aromatic heterocycles. The van der Waals surface area contributed by atoms with Crippen molar-refractivity contribution in [3.63, 3.8) is 0 Å². The second-order valence-electron chi connectivity index (χ2n) is 7.57. The van der Waals surface area contributed by atoms with Crippen LogP contribution in [0.2, 0.25) is 0 Å². The summed E-state index contributed by atoms with van der Waals surface area (Å²) < 4.78 is 0. The highest BCUT2D eigenvalue weighted by Gasteiger charge is 2.44. The van der Waals surface area contributed by atoms with Crippen LogP contribution in [0.1, 0.15) is 70.7 Å². The van der Waals surface area contributed by atoms with E-state index < -0.39 is 17.3 Å². The third kappa shape index (κ3) is 5.23. The highest BCUT2D eigenvalue weighted by atomic mass is 32.1. The maximum atomic E-state index is 13.0. The fraction of sp³-hybridized carbons (Fsp3) is 0.778. The van der Waals surface area contributed by atoms with Crippen LogP contribution in [0.5, 0.6) is 0 Å². The molecular formula is C18H29N3O3S. The number of hydrogen-bond acceptors (Lipinski definition) is 5. The van der Waals surface area contributed by atoms with Gasteiger partial charge in [0.05, 0.1) is 11.3 Å². The number of carbonyl (C=O) groups is 2. The Morgan fingerprint density at radius 3 is 2.52 bits per heavy atom. The minimum Gasteiger partial charge on any atom is -0.481 e. The van der Waals surface area contributed by atoms with Gasteiger partial charge >= 0.3 is 5.97 Å². The lowest BCUT2D eigenvalue weighted by Gasteiger charge is -2.29. The smallest absolute Gasteiger partial charge is 0.306 e. The number of aromatic nitrogens is 2. The maximum absolute atomic E-state index is 13.0. The van der Waals surface area contributed by atoms with Crippen molar-refractivity contribution in [3.8, 4) is 0 Å². The first-order valence-electron chi connectivity index (χ1n) is 9.23. The molecule has 1 fully saturated rings. The van der Waals surface area contributed by atoms with Gasteiger partial charge in [-0.05, 0) is 31.6 Å². The number of aliphatic carboxylic acids is 1. The summed E-state index contributed by atoms with van der Waals surface area (Å²) in [5.74, 6) is -0.849. The lowest BCUT2D eigenvalue weighted by atomic mass is 9.75. The van der Waals surface area contributed by atoms with E-state index in [2.05, 4.69) is 29.4 Å². The number of anilines is 1. The van der Waals surface area contributed by atoms with Gasteiger partial charge in [-0.1, -0.05) is 51.4 Å². The van der Waals surface area contributed by atoms with E-state index in [1.807, 2.05) is 6.92 Å². The van der Waals surface area contributed by atoms with Crippen molar-refractivity contribution in [2.45, 2.75) is 72.1 Å². The van der Waals surface area contributed by atoms with Crippen LogP contribution in [0.3, 0.4) is 0 Å². The summed E-state index contributed by atoms with van der Waals surface area (Å²) in [6, 6.07) is 0. The number of carboxylic acids is 1. The Morgan fingerprint density at radius 1 is 1.28 bits per heavy atom. The van der Waals surface area contributed by atoms with E-state index in [0.717, 1.165) is 43.5 Å². The van der Waals surface area contributed by atoms with Crippen molar-refractivity contribution >= 4 is 28.3 Å². The van der Waals surface area contributed by atoms with Crippen molar-refractivity contribution in [1.29, 1.82) is 0 Å². The van der Waals surface area contributed by atoms with Gasteiger partial charge < -0.3 is 10.4 Å². The first-order valence-corrected chi connectivity index (χ1v) is 10.0. The summed E-state index contributed by atoms with van der Waals surface area (Å²) in [7, 11) is 0. The number of hydrogen-bond donors (Lipinski definition) is 2. The topological polar surface area (TPSA) is 92.2 Å². The Labute approximate surface area is 153 Å². The van der Waals surface area contributed by atoms with Gasteiger partial charge in [0, 0.05) is 6.42 Å². The molecule has 1 amide bonds. The van der Waals surface area contributed by atoms with E-state index in [9.17, 15) is 14.7 Å². The molecule has 2 N–H and O–H groups in total.